The zero-order valence-electron chi connectivity index (χ0n) is 70.3. The second-order valence-electron chi connectivity index (χ2n) is 44.2. The molecule has 33 nitrogen and oxygen atoms in total. The Morgan fingerprint density at radius 2 is 0.782 bits per heavy atom. The zero-order valence-corrected chi connectivity index (χ0v) is 71.1. The monoisotopic (exact) mass is 1740 g/mol. The van der Waals surface area contributed by atoms with E-state index >= 15 is 0 Å². The summed E-state index contributed by atoms with van der Waals surface area (Å²) >= 11 is 0. The van der Waals surface area contributed by atoms with Gasteiger partial charge in [-0.25, -0.2) is 0 Å². The van der Waals surface area contributed by atoms with Crippen LogP contribution >= 0.6 is 0 Å². The third-order valence-corrected chi connectivity index (χ3v) is 40.1. The number of rotatable bonds is 6. The Morgan fingerprint density at radius 1 is 0.339 bits per heavy atom. The highest BCUT2D eigenvalue weighted by Gasteiger charge is 2.77. The number of nitriles is 2. The van der Waals surface area contributed by atoms with Crippen molar-refractivity contribution in [3.63, 3.8) is 0 Å². The minimum atomic E-state index is -3.64. The van der Waals surface area contributed by atoms with Gasteiger partial charge in [-0.05, 0) is 124 Å². The van der Waals surface area contributed by atoms with E-state index in [2.05, 4.69) is 60.6 Å². The molecule has 52 unspecified atom stereocenters. The normalized spacial score (nSPS) is 56.4. The molecule has 0 spiro atoms. The smallest absolute Gasteiger partial charge is 0.313 e. The van der Waals surface area contributed by atoms with Gasteiger partial charge in [0.2, 0.25) is 0 Å². The molecule has 0 aromatic carbocycles. The van der Waals surface area contributed by atoms with E-state index in [9.17, 15) is 66.0 Å². The van der Waals surface area contributed by atoms with Gasteiger partial charge in [-0.3, -0.25) is 61.7 Å². The summed E-state index contributed by atoms with van der Waals surface area (Å²) in [7, 11) is -3.64. The highest BCUT2D eigenvalue weighted by atomic mass is 32.2. The van der Waals surface area contributed by atoms with Crippen molar-refractivity contribution in [2.45, 2.75) is 273 Å². The van der Waals surface area contributed by atoms with E-state index in [4.69, 9.17) is 90.5 Å². The zero-order chi connectivity index (χ0) is 86.2. The second-order valence-corrected chi connectivity index (χ2v) is 46.0. The molecule has 52 atom stereocenters. The largest absolute Gasteiger partial charge is 0.462 e. The minimum absolute atomic E-state index is 0.00409. The highest BCUT2D eigenvalue weighted by molar-refractivity contribution is 7.87. The van der Waals surface area contributed by atoms with Crippen LogP contribution in [0.4, 0.5) is 0 Å². The van der Waals surface area contributed by atoms with Crippen molar-refractivity contribution in [1.29, 1.82) is 10.5 Å². The summed E-state index contributed by atoms with van der Waals surface area (Å²) in [5.74, 6) is -1.24. The molecule has 30 fully saturated rings. The molecule has 30 rings (SSSR count). The third kappa shape index (κ3) is 10.4. The maximum atomic E-state index is 12.9. The summed E-state index contributed by atoms with van der Waals surface area (Å²) in [5.41, 5.74) is 0.0778. The van der Waals surface area contributed by atoms with Crippen LogP contribution in [0.5, 0.6) is 0 Å². The number of ether oxygens (including phenoxy) is 16. The maximum Gasteiger partial charge on any atom is 0.313 e. The number of hydrogen-bond acceptors (Lipinski definition) is 33. The van der Waals surface area contributed by atoms with Crippen LogP contribution in [0.25, 0.3) is 0 Å². The average Bonchev–Trinajstić information content (AvgIpc) is 1.52. The Morgan fingerprint density at radius 3 is 1.34 bits per heavy atom. The number of carbonyl (C=O) groups is 12. The Balaban J connectivity index is 0.0000000831. The first kappa shape index (κ1) is 79.7. The predicted octanol–water partition coefficient (Wildman–Crippen LogP) is 4.34. The van der Waals surface area contributed by atoms with Gasteiger partial charge in [0.15, 0.2) is 18.3 Å². The van der Waals surface area contributed by atoms with Gasteiger partial charge in [-0.2, -0.15) is 18.9 Å². The fraction of sp³-hybridized carbons (Fsp3) is 0.844. The molecule has 666 valence electrons. The lowest BCUT2D eigenvalue weighted by Crippen LogP contribution is -2.45. The predicted molar refractivity (Wildman–Crippen MR) is 402 cm³/mol. The van der Waals surface area contributed by atoms with Crippen LogP contribution in [0, 0.1) is 216 Å². The van der Waals surface area contributed by atoms with Crippen molar-refractivity contribution in [3.8, 4) is 12.1 Å². The molecule has 0 aromatic heterocycles. The van der Waals surface area contributed by atoms with E-state index in [1.54, 1.807) is 0 Å². The molecule has 30 aliphatic rings. The first-order valence-electron chi connectivity index (χ1n) is 45.8. The summed E-state index contributed by atoms with van der Waals surface area (Å²) in [6, 6.07) is 4.47. The summed E-state index contributed by atoms with van der Waals surface area (Å²) in [6.07, 6.45) is 4.87. The van der Waals surface area contributed by atoms with Crippen molar-refractivity contribution in [3.05, 3.63) is 0 Å². The molecule has 20 bridgehead atoms. The standard InChI is InChI=1S/C18H20O6.C17H18O7.C16H18O8S.C10H11NO3.C10H11NO2.C10H14O2.C9H12O3/c1-5-7-4-10-12(18(21)22-13(5)10)11(7)17(20)23-14-6-2-8-9(3-6)16(19)24-15(8)14;1-4-5-2-6-10(17(20)22-11(4)6)9(5)16(19)23-13-8-3-7-12(21-8)14(13)24-15(7)18;1-4-5-2-6-10(16(18)22-11(4)6)9(5)15(17)23-12-7-3-8-13(21-7)14(12)24-25(8,19)20;1-10(2)7-4(3-11)5-6(13-7)8(10)14-9(5)12;1-4-5-2-6-8(7(5)3-11)10(12)13-9(4)6;1-10(2)5-3-6-7(4-5)9(11)12-8(6)10;1-9(2)5-3-4-6(11-5)7(9)12-8(4)10/h5-15H,2-4H2,1H3;4-14H,2-3H2,1H3;4-14H,2-3H2,1H3;4-8H,1-2H3;4-9H,2H2,1H3;5-8H,3-4H2,1-2H3;4-7H,3H2,1-2H3. The quantitative estimate of drug-likeness (QED) is 0.203. The molecule has 12 saturated carbocycles. The number of esters is 12. The van der Waals surface area contributed by atoms with E-state index in [1.807, 2.05) is 20.8 Å². The molecule has 0 aromatic rings. The Bertz CT molecular complexity index is 4810. The molecule has 0 radical (unpaired) electrons. The van der Waals surface area contributed by atoms with Gasteiger partial charge in [-0.15, -0.1) is 0 Å². The van der Waals surface area contributed by atoms with Crippen LogP contribution in [0.2, 0.25) is 0 Å². The highest BCUT2D eigenvalue weighted by Crippen LogP contribution is 2.68. The van der Waals surface area contributed by atoms with E-state index in [0.29, 0.717) is 36.5 Å². The van der Waals surface area contributed by atoms with Crippen molar-refractivity contribution in [2.24, 2.45) is 194 Å². The van der Waals surface area contributed by atoms with Crippen LogP contribution < -0.4 is 0 Å². The summed E-state index contributed by atoms with van der Waals surface area (Å²) in [6.45, 7) is 21.0. The van der Waals surface area contributed by atoms with Gasteiger partial charge >= 0.3 is 71.6 Å². The summed E-state index contributed by atoms with van der Waals surface area (Å²) in [5, 5.41) is 17.4. The summed E-state index contributed by atoms with van der Waals surface area (Å²) < 4.78 is 118. The molecule has 18 saturated heterocycles. The van der Waals surface area contributed by atoms with Gasteiger partial charge in [0.05, 0.1) is 113 Å². The molecule has 18 aliphatic heterocycles. The van der Waals surface area contributed by atoms with Crippen LogP contribution in [0.1, 0.15) is 140 Å². The molecule has 124 heavy (non-hydrogen) atoms. The average molecular weight is 1740 g/mol. The Labute approximate surface area is 714 Å². The molecule has 12 aliphatic carbocycles. The van der Waals surface area contributed by atoms with Gasteiger partial charge in [0.25, 0.3) is 10.1 Å². The SMILES string of the molecule is CC1(C)C2CC3C(=O)OC1C3C2.CC1(C)C2CC3C(=O)OC1C3O2.CC1(C)C2OC3C(C(=O)OC31)C2C#N.CC1C2CC3C1OC(=O)C3C2C#N.CC1C2CC3C1OC(=O)C3C2C(=O)OC1C2CC3C(=O)OC1C3C2.CC1C2CC3C1OC(=O)C3C2C(=O)OC1C2CC3C(=O)OC1C3O2.CC1C2CC3C1OC(=O)C3C2C(=O)OC1C2CC3C(O2)C1OS3(=O)=O. The fourth-order valence-corrected chi connectivity index (χ4v) is 34.1. The molecule has 0 N–H and O–H groups in total. The lowest BCUT2D eigenvalue weighted by molar-refractivity contribution is -0.170. The van der Waals surface area contributed by atoms with Gasteiger partial charge in [0.1, 0.15) is 96.6 Å². The van der Waals surface area contributed by atoms with E-state index in [1.165, 1.54) is 6.42 Å². The summed E-state index contributed by atoms with van der Waals surface area (Å²) in [4.78, 5) is 144. The van der Waals surface area contributed by atoms with Crippen molar-refractivity contribution in [2.75, 3.05) is 0 Å². The van der Waals surface area contributed by atoms with Gasteiger partial charge < -0.3 is 75.8 Å². The fourth-order valence-electron chi connectivity index (χ4n) is 32.4. The first-order valence-corrected chi connectivity index (χ1v) is 47.2. The molecule has 18 heterocycles. The third-order valence-electron chi connectivity index (χ3n) is 38.4. The van der Waals surface area contributed by atoms with Crippen LogP contribution in [0.3, 0.4) is 0 Å². The van der Waals surface area contributed by atoms with Gasteiger partial charge in [-0.1, -0.05) is 69.2 Å². The van der Waals surface area contributed by atoms with E-state index in [-0.39, 0.29) is 304 Å². The van der Waals surface area contributed by atoms with Crippen LogP contribution in [-0.2, 0) is 148 Å². The van der Waals surface area contributed by atoms with Crippen molar-refractivity contribution >= 4 is 81.7 Å². The Kier molecular flexibility index (Phi) is 17.1. The Hall–Kier alpha value is -7.63. The maximum absolute atomic E-state index is 12.9. The number of fused-ring (bicyclic) bond motifs is 10. The number of hydrogen-bond donors (Lipinski definition) is 0. The van der Waals surface area contributed by atoms with E-state index < -0.39 is 75.7 Å². The van der Waals surface area contributed by atoms with Crippen LogP contribution in [-0.4, -0.2) is 213 Å². The van der Waals surface area contributed by atoms with Crippen LogP contribution in [0.15, 0.2) is 0 Å². The molecule has 0 amide bonds. The number of carbonyl (C=O) groups excluding carboxylic acids is 12. The topological polar surface area (TPSA) is 443 Å². The molecule has 34 heteroatoms. The van der Waals surface area contributed by atoms with Crippen molar-refractivity contribution in [1.82, 2.24) is 0 Å². The van der Waals surface area contributed by atoms with E-state index in [0.717, 1.165) is 57.3 Å². The molecular weight excluding hydrogens is 1640 g/mol. The second kappa shape index (κ2) is 26.6. The minimum Gasteiger partial charge on any atom is -0.462 e. The lowest BCUT2D eigenvalue weighted by atomic mass is 9.67. The van der Waals surface area contributed by atoms with Gasteiger partial charge in [0, 0.05) is 57.7 Å². The lowest BCUT2D eigenvalue weighted by Gasteiger charge is -2.32. The first-order chi connectivity index (χ1) is 59.0. The van der Waals surface area contributed by atoms with Crippen molar-refractivity contribution < 1.29 is 146 Å². The number of nitrogens with zero attached hydrogens (tertiary/aromatic N) is 2. The molecular formula is C90H104N2O31S.